The topological polar surface area (TPSA) is 60.2 Å². The Morgan fingerprint density at radius 1 is 1.42 bits per heavy atom. The molecule has 1 aromatic carbocycles. The summed E-state index contributed by atoms with van der Waals surface area (Å²) in [5, 5.41) is 15.7. The lowest BCUT2D eigenvalue weighted by atomic mass is 10.1. The van der Waals surface area contributed by atoms with Crippen LogP contribution in [0, 0.1) is 0 Å². The van der Waals surface area contributed by atoms with Gasteiger partial charge in [-0.3, -0.25) is 0 Å². The highest BCUT2D eigenvalue weighted by Gasteiger charge is 2.20. The summed E-state index contributed by atoms with van der Waals surface area (Å²) in [6.07, 6.45) is -0.962. The molecule has 0 aliphatic rings. The lowest BCUT2D eigenvalue weighted by Crippen LogP contribution is -2.21. The molecule has 1 rings (SSSR count). The Bertz CT molecular complexity index is 256. The van der Waals surface area contributed by atoms with Crippen LogP contribution in [0.3, 0.4) is 0 Å². The van der Waals surface area contributed by atoms with E-state index in [1.54, 1.807) is 0 Å². The molecular formula is C9H11O3+. The minimum atomic E-state index is -1.19. The van der Waals surface area contributed by atoms with E-state index in [0.29, 0.717) is 0 Å². The van der Waals surface area contributed by atoms with Crippen LogP contribution in [-0.2, 0) is 11.2 Å². The molecule has 3 heteroatoms. The minimum Gasteiger partial charge on any atom is -0.563 e. The molecule has 0 amide bonds. The van der Waals surface area contributed by atoms with Crippen molar-refractivity contribution in [3.05, 3.63) is 35.9 Å². The number of aliphatic hydroxyl groups is 1. The van der Waals surface area contributed by atoms with Crippen molar-refractivity contribution in [2.24, 2.45) is 0 Å². The molecule has 0 saturated heterocycles. The van der Waals surface area contributed by atoms with Crippen LogP contribution < -0.4 is 0 Å². The molecule has 0 heterocycles. The number of hydrogen-bond donors (Lipinski definition) is 1. The number of hydrogen-bond acceptors (Lipinski definition) is 2. The maximum Gasteiger partial charge on any atom is 0.545 e. The summed E-state index contributed by atoms with van der Waals surface area (Å²) in [5.74, 6) is -0.932. The van der Waals surface area contributed by atoms with Crippen molar-refractivity contribution in [2.45, 2.75) is 12.5 Å². The molecule has 0 radical (unpaired) electrons. The molecule has 0 bridgehead atoms. The number of aliphatic hydroxyl groups excluding tert-OH is 1. The molecule has 0 unspecified atom stereocenters. The molecule has 0 aromatic heterocycles. The summed E-state index contributed by atoms with van der Waals surface area (Å²) < 4.78 is 0. The van der Waals surface area contributed by atoms with Crippen LogP contribution in [0.4, 0.5) is 0 Å². The van der Waals surface area contributed by atoms with E-state index in [1.807, 2.05) is 30.3 Å². The zero-order valence-electron chi connectivity index (χ0n) is 6.53. The largest absolute Gasteiger partial charge is 0.563 e. The monoisotopic (exact) mass is 167 g/mol. The van der Waals surface area contributed by atoms with Gasteiger partial charge < -0.3 is 10.2 Å². The number of rotatable bonds is 3. The van der Waals surface area contributed by atoms with E-state index in [2.05, 4.69) is 0 Å². The van der Waals surface area contributed by atoms with Crippen molar-refractivity contribution in [1.82, 2.24) is 0 Å². The maximum absolute atomic E-state index is 10.4. The molecule has 0 spiro atoms. The third-order valence-electron chi connectivity index (χ3n) is 1.57. The molecule has 1 aromatic rings. The van der Waals surface area contributed by atoms with Crippen molar-refractivity contribution in [2.75, 3.05) is 0 Å². The van der Waals surface area contributed by atoms with Crippen LogP contribution in [0.25, 0.3) is 0 Å². The van der Waals surface area contributed by atoms with Crippen LogP contribution in [-0.4, -0.2) is 22.3 Å². The Morgan fingerprint density at radius 2 is 2.00 bits per heavy atom. The number of carbonyl (C=O) groups is 1. The van der Waals surface area contributed by atoms with Crippen LogP contribution in [0.5, 0.6) is 0 Å². The molecule has 1 atom stereocenters. The third kappa shape index (κ3) is 2.36. The van der Waals surface area contributed by atoms with Crippen molar-refractivity contribution in [3.8, 4) is 0 Å². The highest BCUT2D eigenvalue weighted by molar-refractivity contribution is 5.72. The van der Waals surface area contributed by atoms with E-state index >= 15 is 0 Å². The molecular weight excluding hydrogens is 156 g/mol. The molecule has 12 heavy (non-hydrogen) atoms. The summed E-state index contributed by atoms with van der Waals surface area (Å²) in [6.45, 7) is 0. The molecule has 3 N–H and O–H groups in total. The minimum absolute atomic E-state index is 0.225. The van der Waals surface area contributed by atoms with Gasteiger partial charge in [0.05, 0.1) is 0 Å². The Kier molecular flexibility index (Phi) is 2.82. The second-order valence-electron chi connectivity index (χ2n) is 2.57. The summed E-state index contributed by atoms with van der Waals surface area (Å²) in [4.78, 5) is 10.4. The van der Waals surface area contributed by atoms with Crippen LogP contribution >= 0.6 is 0 Å². The summed E-state index contributed by atoms with van der Waals surface area (Å²) in [5.41, 5.74) is 0.866. The third-order valence-corrected chi connectivity index (χ3v) is 1.57. The van der Waals surface area contributed by atoms with Gasteiger partial charge in [0.1, 0.15) is 0 Å². The van der Waals surface area contributed by atoms with Crippen molar-refractivity contribution >= 4 is 5.97 Å². The van der Waals surface area contributed by atoms with Gasteiger partial charge in [0.15, 0.2) is 0 Å². The SMILES string of the molecule is O=C([OH2+])[C@H](O)Cc1ccccc1. The van der Waals surface area contributed by atoms with Crippen molar-refractivity contribution in [1.29, 1.82) is 0 Å². The molecule has 0 saturated carbocycles. The Balaban J connectivity index is 2.58. The van der Waals surface area contributed by atoms with E-state index in [9.17, 15) is 4.79 Å². The zero-order chi connectivity index (χ0) is 8.97. The average molecular weight is 167 g/mol. The maximum atomic E-state index is 10.4. The fourth-order valence-electron chi connectivity index (χ4n) is 0.930. The van der Waals surface area contributed by atoms with Crippen LogP contribution in [0.1, 0.15) is 5.56 Å². The van der Waals surface area contributed by atoms with E-state index in [4.69, 9.17) is 10.2 Å². The van der Waals surface area contributed by atoms with Crippen molar-refractivity contribution in [3.63, 3.8) is 0 Å². The fraction of sp³-hybridized carbons (Fsp3) is 0.222. The normalized spacial score (nSPS) is 12.4. The second-order valence-corrected chi connectivity index (χ2v) is 2.57. The summed E-state index contributed by atoms with van der Waals surface area (Å²) in [7, 11) is 0. The summed E-state index contributed by atoms with van der Waals surface area (Å²) in [6, 6.07) is 9.14. The predicted octanol–water partition coefficient (Wildman–Crippen LogP) is -0.159. The van der Waals surface area contributed by atoms with Gasteiger partial charge in [0.2, 0.25) is 6.10 Å². The van der Waals surface area contributed by atoms with E-state index in [1.165, 1.54) is 0 Å². The lowest BCUT2D eigenvalue weighted by molar-refractivity contribution is -0.146. The zero-order valence-corrected chi connectivity index (χ0v) is 6.53. The van der Waals surface area contributed by atoms with Gasteiger partial charge in [-0.15, -0.1) is 0 Å². The van der Waals surface area contributed by atoms with Crippen molar-refractivity contribution < 1.29 is 15.0 Å². The molecule has 64 valence electrons. The van der Waals surface area contributed by atoms with Crippen LogP contribution in [0.2, 0.25) is 0 Å². The highest BCUT2D eigenvalue weighted by Crippen LogP contribution is 2.02. The first-order valence-electron chi connectivity index (χ1n) is 3.67. The van der Waals surface area contributed by atoms with Crippen LogP contribution in [0.15, 0.2) is 30.3 Å². The second kappa shape index (κ2) is 3.88. The molecule has 3 nitrogen and oxygen atoms in total. The van der Waals surface area contributed by atoms with Gasteiger partial charge in [0, 0.05) is 11.2 Å². The van der Waals surface area contributed by atoms with Gasteiger partial charge >= 0.3 is 5.97 Å². The van der Waals surface area contributed by atoms with E-state index in [-0.39, 0.29) is 6.42 Å². The van der Waals surface area contributed by atoms with Gasteiger partial charge in [-0.2, -0.15) is 0 Å². The smallest absolute Gasteiger partial charge is 0.545 e. The van der Waals surface area contributed by atoms with Gasteiger partial charge in [-0.05, 0) is 5.56 Å². The van der Waals surface area contributed by atoms with Gasteiger partial charge in [0.25, 0.3) is 0 Å². The quantitative estimate of drug-likeness (QED) is 0.636. The van der Waals surface area contributed by atoms with E-state index < -0.39 is 12.1 Å². The lowest BCUT2D eigenvalue weighted by Gasteiger charge is -2.00. The molecule has 0 fully saturated rings. The summed E-state index contributed by atoms with van der Waals surface area (Å²) >= 11 is 0. The number of carbonyl (C=O) groups excluding carboxylic acids is 1. The van der Waals surface area contributed by atoms with E-state index in [0.717, 1.165) is 5.56 Å². The Labute approximate surface area is 70.3 Å². The predicted molar refractivity (Wildman–Crippen MR) is 44.8 cm³/mol. The standard InChI is InChI=1S/C9H10O3/c10-8(9(11)12)6-7-4-2-1-3-5-7/h1-5,8,10H,6H2,(H,11,12)/p+1/t8-/m1/s1. The number of benzene rings is 1. The average Bonchev–Trinajstić information content (AvgIpc) is 2.06. The first kappa shape index (κ1) is 8.74. The fourth-order valence-corrected chi connectivity index (χ4v) is 0.930. The molecule has 0 aliphatic carbocycles. The Morgan fingerprint density at radius 3 is 2.50 bits per heavy atom. The van der Waals surface area contributed by atoms with Gasteiger partial charge in [-0.1, -0.05) is 30.3 Å². The molecule has 0 aliphatic heterocycles. The Hall–Kier alpha value is -1.35. The first-order valence-corrected chi connectivity index (χ1v) is 3.67. The highest BCUT2D eigenvalue weighted by atomic mass is 16.4. The first-order chi connectivity index (χ1) is 5.70. The van der Waals surface area contributed by atoms with Gasteiger partial charge in [-0.25, -0.2) is 0 Å².